The highest BCUT2D eigenvalue weighted by atomic mass is 32.2. The van der Waals surface area contributed by atoms with Gasteiger partial charge in [0.15, 0.2) is 5.82 Å². The average Bonchev–Trinajstić information content (AvgIpc) is 3.30. The van der Waals surface area contributed by atoms with Gasteiger partial charge >= 0.3 is 0 Å². The summed E-state index contributed by atoms with van der Waals surface area (Å²) in [5.41, 5.74) is 1.36. The van der Waals surface area contributed by atoms with E-state index >= 15 is 0 Å². The first-order chi connectivity index (χ1) is 17.9. The second-order valence-corrected chi connectivity index (χ2v) is 11.9. The van der Waals surface area contributed by atoms with Crippen LogP contribution in [0.2, 0.25) is 0 Å². The average molecular weight is 524 g/mol. The molecule has 3 aliphatic rings. The molecule has 2 bridgehead atoms. The molecule has 3 atom stereocenters. The van der Waals surface area contributed by atoms with Crippen molar-refractivity contribution in [3.63, 3.8) is 0 Å². The maximum absolute atomic E-state index is 13.4. The topological polar surface area (TPSA) is 163 Å². The van der Waals surface area contributed by atoms with Crippen molar-refractivity contribution in [2.75, 3.05) is 23.7 Å². The molecule has 194 valence electrons. The molecule has 3 aliphatic heterocycles. The number of aromatic nitrogens is 4. The lowest BCUT2D eigenvalue weighted by molar-refractivity contribution is 0.0984. The normalized spacial score (nSPS) is 24.9. The summed E-state index contributed by atoms with van der Waals surface area (Å²) in [6.45, 7) is 0.436. The van der Waals surface area contributed by atoms with Crippen molar-refractivity contribution in [3.05, 3.63) is 36.2 Å². The van der Waals surface area contributed by atoms with Crippen LogP contribution in [0.1, 0.15) is 37.8 Å². The van der Waals surface area contributed by atoms with Gasteiger partial charge in [-0.3, -0.25) is 10.1 Å². The van der Waals surface area contributed by atoms with Gasteiger partial charge in [-0.1, -0.05) is 6.42 Å². The lowest BCUT2D eigenvalue weighted by Crippen LogP contribution is -2.63. The largest absolute Gasteiger partial charge is 0.390 e. The summed E-state index contributed by atoms with van der Waals surface area (Å²) in [6, 6.07) is 9.48. The molecule has 6 heterocycles. The van der Waals surface area contributed by atoms with Gasteiger partial charge in [0.25, 0.3) is 10.2 Å². The number of nitrogens with zero attached hydrogens (tertiary/aromatic N) is 6. The second-order valence-electron chi connectivity index (χ2n) is 10.0. The van der Waals surface area contributed by atoms with E-state index in [-0.39, 0.29) is 43.7 Å². The zero-order chi connectivity index (χ0) is 25.6. The number of pyridine rings is 2. The Bertz CT molecular complexity index is 1430. The van der Waals surface area contributed by atoms with Crippen molar-refractivity contribution in [3.8, 4) is 6.07 Å². The van der Waals surface area contributed by atoms with E-state index in [2.05, 4.69) is 31.9 Å². The van der Waals surface area contributed by atoms with E-state index in [0.717, 1.165) is 30.2 Å². The Morgan fingerprint density at radius 2 is 1.97 bits per heavy atom. The van der Waals surface area contributed by atoms with Gasteiger partial charge in [0.05, 0.1) is 29.8 Å². The van der Waals surface area contributed by atoms with Crippen LogP contribution >= 0.6 is 0 Å². The highest BCUT2D eigenvalue weighted by molar-refractivity contribution is 7.86. The Hall–Kier alpha value is -3.31. The van der Waals surface area contributed by atoms with Gasteiger partial charge in [-0.15, -0.1) is 0 Å². The van der Waals surface area contributed by atoms with Crippen LogP contribution in [-0.2, 0) is 16.8 Å². The van der Waals surface area contributed by atoms with Crippen molar-refractivity contribution >= 4 is 38.6 Å². The van der Waals surface area contributed by atoms with Crippen molar-refractivity contribution < 1.29 is 13.5 Å². The van der Waals surface area contributed by atoms with E-state index < -0.39 is 10.2 Å². The number of aliphatic hydroxyl groups excluding tert-OH is 1. The molecule has 13 heteroatoms. The quantitative estimate of drug-likeness (QED) is 0.363. The Morgan fingerprint density at radius 1 is 1.19 bits per heavy atom. The molecule has 37 heavy (non-hydrogen) atoms. The second kappa shape index (κ2) is 9.53. The third-order valence-electron chi connectivity index (χ3n) is 7.53. The monoisotopic (exact) mass is 523 g/mol. The minimum absolute atomic E-state index is 0.0675. The summed E-state index contributed by atoms with van der Waals surface area (Å²) < 4.78 is 29.9. The Labute approximate surface area is 214 Å². The molecule has 0 unspecified atom stereocenters. The van der Waals surface area contributed by atoms with Gasteiger partial charge < -0.3 is 15.7 Å². The summed E-state index contributed by atoms with van der Waals surface area (Å²) in [5, 5.41) is 33.0. The smallest absolute Gasteiger partial charge is 0.282 e. The summed E-state index contributed by atoms with van der Waals surface area (Å²) in [5.74, 6) is 1.58. The fourth-order valence-electron chi connectivity index (χ4n) is 5.76. The third kappa shape index (κ3) is 4.50. The number of fused-ring (bicyclic) bond motifs is 3. The van der Waals surface area contributed by atoms with Crippen LogP contribution < -0.4 is 10.6 Å². The summed E-state index contributed by atoms with van der Waals surface area (Å²) in [6.07, 6.45) is 5.78. The number of hydrogen-bond donors (Lipinski definition) is 4. The number of H-pyrrole nitrogens is 1. The molecule has 3 aromatic heterocycles. The van der Waals surface area contributed by atoms with E-state index in [1.807, 2.05) is 18.2 Å². The number of anilines is 3. The van der Waals surface area contributed by atoms with E-state index in [0.29, 0.717) is 36.0 Å². The van der Waals surface area contributed by atoms with E-state index in [9.17, 15) is 13.5 Å². The number of rotatable bonds is 7. The molecule has 0 aromatic carbocycles. The maximum atomic E-state index is 13.4. The minimum atomic E-state index is -3.57. The Kier molecular flexibility index (Phi) is 6.20. The zero-order valence-electron chi connectivity index (χ0n) is 20.2. The standard InChI is InChI=1S/C24H29N9O3S/c25-11-15-12-32(13-15)37(35,36)33-18-3-1-4-19(33)8-16(7-18)27-22-10-21-20(5-2-6-26-21)24(28-22)29-23-9-17(14-34)30-31-23/h2,5-6,9-10,15-16,18-19,34H,1,3-4,7-8,12-14H2,(H3,27,28,29,30,31)/t16-,18-,19+. The fourth-order valence-corrected chi connectivity index (χ4v) is 7.90. The van der Waals surface area contributed by atoms with Crippen LogP contribution in [0, 0.1) is 17.2 Å². The molecule has 3 fully saturated rings. The lowest BCUT2D eigenvalue weighted by atomic mass is 9.84. The van der Waals surface area contributed by atoms with Crippen molar-refractivity contribution in [2.45, 2.75) is 56.8 Å². The summed E-state index contributed by atoms with van der Waals surface area (Å²) in [7, 11) is -3.57. The van der Waals surface area contributed by atoms with Gasteiger partial charge in [0.2, 0.25) is 0 Å². The molecule has 0 aliphatic carbocycles. The first-order valence-corrected chi connectivity index (χ1v) is 14.0. The fraction of sp³-hybridized carbons (Fsp3) is 0.500. The summed E-state index contributed by atoms with van der Waals surface area (Å²) in [4.78, 5) is 9.31. The van der Waals surface area contributed by atoms with Gasteiger partial charge in [-0.25, -0.2) is 4.98 Å². The van der Waals surface area contributed by atoms with Crippen LogP contribution in [0.5, 0.6) is 0 Å². The van der Waals surface area contributed by atoms with Crippen LogP contribution in [0.15, 0.2) is 30.5 Å². The van der Waals surface area contributed by atoms with Crippen molar-refractivity contribution in [1.29, 1.82) is 5.26 Å². The predicted octanol–water partition coefficient (Wildman–Crippen LogP) is 2.09. The van der Waals surface area contributed by atoms with E-state index in [1.54, 1.807) is 16.6 Å². The van der Waals surface area contributed by atoms with Crippen LogP contribution in [0.25, 0.3) is 10.9 Å². The first-order valence-electron chi connectivity index (χ1n) is 12.6. The molecule has 3 aromatic rings. The minimum Gasteiger partial charge on any atom is -0.390 e. The zero-order valence-corrected chi connectivity index (χ0v) is 21.0. The molecule has 0 saturated carbocycles. The predicted molar refractivity (Wildman–Crippen MR) is 137 cm³/mol. The van der Waals surface area contributed by atoms with Crippen molar-refractivity contribution in [2.24, 2.45) is 5.92 Å². The molecule has 0 radical (unpaired) electrons. The van der Waals surface area contributed by atoms with Crippen LogP contribution in [0.4, 0.5) is 17.5 Å². The molecule has 4 N–H and O–H groups in total. The Balaban J connectivity index is 1.22. The number of aliphatic hydroxyl groups is 1. The number of hydrogen-bond acceptors (Lipinski definition) is 9. The van der Waals surface area contributed by atoms with E-state index in [4.69, 9.17) is 10.2 Å². The maximum Gasteiger partial charge on any atom is 0.282 e. The van der Waals surface area contributed by atoms with E-state index in [1.165, 1.54) is 4.31 Å². The van der Waals surface area contributed by atoms with Gasteiger partial charge in [0, 0.05) is 54.9 Å². The molecule has 0 spiro atoms. The first kappa shape index (κ1) is 24.1. The molecule has 3 saturated heterocycles. The lowest BCUT2D eigenvalue weighted by Gasteiger charge is -2.50. The molecule has 0 amide bonds. The molecular formula is C24H29N9O3S. The van der Waals surface area contributed by atoms with Gasteiger partial charge in [0.1, 0.15) is 11.6 Å². The van der Waals surface area contributed by atoms with Crippen LogP contribution in [-0.4, -0.2) is 73.5 Å². The third-order valence-corrected chi connectivity index (χ3v) is 9.61. The highest BCUT2D eigenvalue weighted by Crippen LogP contribution is 2.39. The molecule has 6 rings (SSSR count). The molecule has 12 nitrogen and oxygen atoms in total. The number of aromatic amines is 1. The highest BCUT2D eigenvalue weighted by Gasteiger charge is 2.49. The van der Waals surface area contributed by atoms with Crippen molar-refractivity contribution in [1.82, 2.24) is 28.8 Å². The SMILES string of the molecule is N#CC1CN(S(=O)(=O)N2[C@@H]3CCC[C@H]2C[C@H](Nc2cc4ncccc4c(Nc4cc(CO)[nH]n4)n2)C3)C1. The van der Waals surface area contributed by atoms with Gasteiger partial charge in [-0.2, -0.15) is 27.4 Å². The number of nitrogens with one attached hydrogen (secondary N) is 3. The van der Waals surface area contributed by atoms with Gasteiger partial charge in [-0.05, 0) is 37.8 Å². The van der Waals surface area contributed by atoms with Crippen LogP contribution in [0.3, 0.4) is 0 Å². The molecular weight excluding hydrogens is 494 g/mol. The number of nitriles is 1. The summed E-state index contributed by atoms with van der Waals surface area (Å²) >= 11 is 0. The number of piperidine rings is 2. The Morgan fingerprint density at radius 3 is 2.68 bits per heavy atom.